The summed E-state index contributed by atoms with van der Waals surface area (Å²) < 4.78 is 48.6. The number of anilines is 2. The molecule has 1 aliphatic carbocycles. The molecule has 9 heteroatoms. The van der Waals surface area contributed by atoms with E-state index in [4.69, 9.17) is 0 Å². The van der Waals surface area contributed by atoms with Gasteiger partial charge in [-0.05, 0) is 42.7 Å². The van der Waals surface area contributed by atoms with Crippen LogP contribution in [-0.2, 0) is 28.2 Å². The molecule has 0 fully saturated rings. The van der Waals surface area contributed by atoms with Gasteiger partial charge in [0, 0.05) is 24.6 Å². The number of nitrogens with one attached hydrogen (secondary N) is 2. The number of allylic oxidation sites excluding steroid dienone is 1. The molecule has 146 valence electrons. The van der Waals surface area contributed by atoms with E-state index in [1.807, 2.05) is 7.05 Å². The van der Waals surface area contributed by atoms with Crippen LogP contribution in [0.2, 0.25) is 0 Å². The summed E-state index contributed by atoms with van der Waals surface area (Å²) in [7, 11) is 1.05. The summed E-state index contributed by atoms with van der Waals surface area (Å²) in [6.45, 7) is 0. The zero-order valence-corrected chi connectivity index (χ0v) is 16.4. The largest absolute Gasteiger partial charge is 0.416 e. The third-order valence-corrected chi connectivity index (χ3v) is 6.54. The monoisotopic (exact) mass is 416 g/mol. The molecule has 1 aliphatic rings. The summed E-state index contributed by atoms with van der Waals surface area (Å²) in [5.74, 6) is 0. The standard InChI is InChI=1S/C10H13NOS2.C8H6F3NO/c1-11-9-7-5-3-4-6-8(7)10(13-9)14(2)12;9-8(10,11)6-1-3-7(4-2-6)12-5-13/h4,6,11H,3,5H2,1-2H3;1-5H,(H,12,13). The third-order valence-electron chi connectivity index (χ3n) is 3.79. The van der Waals surface area contributed by atoms with E-state index in [1.165, 1.54) is 28.3 Å². The molecule has 1 amide bonds. The molecule has 4 nitrogen and oxygen atoms in total. The Bertz CT molecular complexity index is 844. The highest BCUT2D eigenvalue weighted by Crippen LogP contribution is 2.38. The van der Waals surface area contributed by atoms with Crippen LogP contribution < -0.4 is 10.6 Å². The predicted octanol–water partition coefficient (Wildman–Crippen LogP) is 4.76. The summed E-state index contributed by atoms with van der Waals surface area (Å²) >= 11 is 1.62. The molecule has 1 aromatic heterocycles. The minimum Gasteiger partial charge on any atom is -0.380 e. The molecule has 3 rings (SSSR count). The number of amides is 1. The fourth-order valence-electron chi connectivity index (χ4n) is 2.54. The van der Waals surface area contributed by atoms with Gasteiger partial charge in [-0.2, -0.15) is 13.2 Å². The first kappa shape index (κ1) is 21.2. The Morgan fingerprint density at radius 3 is 2.41 bits per heavy atom. The topological polar surface area (TPSA) is 58.2 Å². The predicted molar refractivity (Wildman–Crippen MR) is 105 cm³/mol. The van der Waals surface area contributed by atoms with Crippen LogP contribution in [0.4, 0.5) is 23.9 Å². The van der Waals surface area contributed by atoms with Gasteiger partial charge >= 0.3 is 6.18 Å². The van der Waals surface area contributed by atoms with Gasteiger partial charge < -0.3 is 10.6 Å². The zero-order chi connectivity index (χ0) is 20.0. The Morgan fingerprint density at radius 1 is 1.22 bits per heavy atom. The number of hydrogen-bond donors (Lipinski definition) is 2. The second kappa shape index (κ2) is 9.18. The van der Waals surface area contributed by atoms with Crippen LogP contribution in [0.1, 0.15) is 23.1 Å². The number of benzene rings is 1. The second-order valence-electron chi connectivity index (χ2n) is 5.59. The highest BCUT2D eigenvalue weighted by molar-refractivity contribution is 7.86. The van der Waals surface area contributed by atoms with Crippen LogP contribution in [0.5, 0.6) is 0 Å². The second-order valence-corrected chi connectivity index (χ2v) is 8.19. The Balaban J connectivity index is 0.000000194. The number of fused-ring (bicyclic) bond motifs is 1. The van der Waals surface area contributed by atoms with E-state index >= 15 is 0 Å². The lowest BCUT2D eigenvalue weighted by atomic mass is 10.0. The summed E-state index contributed by atoms with van der Waals surface area (Å²) in [6, 6.07) is 4.20. The molecule has 0 saturated heterocycles. The molecular weight excluding hydrogens is 397 g/mol. The van der Waals surface area contributed by atoms with Crippen molar-refractivity contribution in [1.29, 1.82) is 0 Å². The highest BCUT2D eigenvalue weighted by Gasteiger charge is 2.29. The Hall–Kier alpha value is -2.13. The first-order valence-corrected chi connectivity index (χ1v) is 10.4. The fraction of sp³-hybridized carbons (Fsp3) is 0.278. The van der Waals surface area contributed by atoms with E-state index in [-0.39, 0.29) is 0 Å². The molecule has 2 aromatic rings. The van der Waals surface area contributed by atoms with Crippen molar-refractivity contribution in [2.75, 3.05) is 23.9 Å². The van der Waals surface area contributed by atoms with E-state index in [0.717, 1.165) is 29.2 Å². The molecule has 2 N–H and O–H groups in total. The van der Waals surface area contributed by atoms with Crippen LogP contribution in [0.25, 0.3) is 6.08 Å². The summed E-state index contributed by atoms with van der Waals surface area (Å²) in [4.78, 5) is 9.92. The molecule has 1 heterocycles. The molecule has 0 bridgehead atoms. The number of thiophene rings is 1. The molecule has 0 radical (unpaired) electrons. The first-order chi connectivity index (χ1) is 12.8. The van der Waals surface area contributed by atoms with Crippen molar-refractivity contribution < 1.29 is 22.2 Å². The van der Waals surface area contributed by atoms with Crippen molar-refractivity contribution >= 4 is 45.3 Å². The fourth-order valence-corrected chi connectivity index (χ4v) is 4.68. The maximum Gasteiger partial charge on any atom is 0.416 e. The molecule has 0 saturated carbocycles. The summed E-state index contributed by atoms with van der Waals surface area (Å²) in [6.07, 6.45) is 4.23. The van der Waals surface area contributed by atoms with E-state index in [9.17, 15) is 22.2 Å². The quantitative estimate of drug-likeness (QED) is 0.707. The smallest absolute Gasteiger partial charge is 0.380 e. The molecule has 0 aliphatic heterocycles. The van der Waals surface area contributed by atoms with E-state index in [1.54, 1.807) is 17.6 Å². The van der Waals surface area contributed by atoms with Crippen molar-refractivity contribution in [2.24, 2.45) is 0 Å². The average Bonchev–Trinajstić information content (AvgIpc) is 3.01. The highest BCUT2D eigenvalue weighted by atomic mass is 32.2. The molecule has 0 spiro atoms. The maximum atomic E-state index is 12.0. The van der Waals surface area contributed by atoms with Crippen molar-refractivity contribution in [2.45, 2.75) is 23.2 Å². The van der Waals surface area contributed by atoms with Gasteiger partial charge in [-0.25, -0.2) is 0 Å². The van der Waals surface area contributed by atoms with Gasteiger partial charge in [0.1, 0.15) is 4.21 Å². The minimum atomic E-state index is -4.33. The van der Waals surface area contributed by atoms with Crippen molar-refractivity contribution in [3.63, 3.8) is 0 Å². The van der Waals surface area contributed by atoms with Crippen molar-refractivity contribution in [3.05, 3.63) is 47.0 Å². The molecule has 1 atom stereocenters. The molecule has 1 unspecified atom stereocenters. The lowest BCUT2D eigenvalue weighted by Gasteiger charge is -2.07. The number of rotatable bonds is 4. The molecule has 1 aromatic carbocycles. The SMILES string of the molecule is CNc1sc(S(C)=O)c2c1CCC=C2.O=CNc1ccc(C(F)(F)F)cc1. The minimum absolute atomic E-state index is 0.336. The number of carbonyl (C=O) groups is 1. The van der Waals surface area contributed by atoms with Crippen molar-refractivity contribution in [3.8, 4) is 0 Å². The van der Waals surface area contributed by atoms with Gasteiger partial charge in [-0.3, -0.25) is 9.00 Å². The average molecular weight is 416 g/mol. The van der Waals surface area contributed by atoms with Gasteiger partial charge in [-0.1, -0.05) is 12.2 Å². The van der Waals surface area contributed by atoms with Crippen LogP contribution in [0.15, 0.2) is 34.6 Å². The number of halogens is 3. The van der Waals surface area contributed by atoms with Crippen LogP contribution in [0, 0.1) is 0 Å². The molecule has 27 heavy (non-hydrogen) atoms. The summed E-state index contributed by atoms with van der Waals surface area (Å²) in [5, 5.41) is 6.59. The summed E-state index contributed by atoms with van der Waals surface area (Å²) in [5.41, 5.74) is 2.13. The Morgan fingerprint density at radius 2 is 1.89 bits per heavy atom. The lowest BCUT2D eigenvalue weighted by molar-refractivity contribution is -0.137. The van der Waals surface area contributed by atoms with Gasteiger partial charge in [0.25, 0.3) is 0 Å². The zero-order valence-electron chi connectivity index (χ0n) is 14.7. The van der Waals surface area contributed by atoms with Crippen LogP contribution in [-0.4, -0.2) is 23.9 Å². The number of carbonyl (C=O) groups excluding carboxylic acids is 1. The van der Waals surface area contributed by atoms with E-state index < -0.39 is 22.5 Å². The first-order valence-electron chi connectivity index (χ1n) is 7.98. The van der Waals surface area contributed by atoms with E-state index in [0.29, 0.717) is 12.1 Å². The van der Waals surface area contributed by atoms with E-state index in [2.05, 4.69) is 22.8 Å². The van der Waals surface area contributed by atoms with Crippen molar-refractivity contribution in [1.82, 2.24) is 0 Å². The normalized spacial score (nSPS) is 13.8. The van der Waals surface area contributed by atoms with Gasteiger partial charge in [-0.15, -0.1) is 11.3 Å². The number of hydrogen-bond acceptors (Lipinski definition) is 4. The Kier molecular flexibility index (Phi) is 7.20. The van der Waals surface area contributed by atoms with Crippen LogP contribution >= 0.6 is 11.3 Å². The Labute approximate surface area is 161 Å². The van der Waals surface area contributed by atoms with Gasteiger partial charge in [0.05, 0.1) is 21.4 Å². The molecular formula is C18H19F3N2O2S2. The van der Waals surface area contributed by atoms with Gasteiger partial charge in [0.15, 0.2) is 0 Å². The number of alkyl halides is 3. The lowest BCUT2D eigenvalue weighted by Crippen LogP contribution is -2.04. The third kappa shape index (κ3) is 5.43. The van der Waals surface area contributed by atoms with Gasteiger partial charge in [0.2, 0.25) is 6.41 Å². The van der Waals surface area contributed by atoms with Crippen LogP contribution in [0.3, 0.4) is 0 Å². The maximum absolute atomic E-state index is 12.0.